The summed E-state index contributed by atoms with van der Waals surface area (Å²) in [6, 6.07) is 9.07. The molecule has 168 valence electrons. The minimum Gasteiger partial charge on any atom is -0.493 e. The maximum Gasteiger partial charge on any atom is 0.418 e. The molecule has 0 radical (unpaired) electrons. The first-order chi connectivity index (χ1) is 14.7. The number of para-hydroxylation sites is 1. The van der Waals surface area contributed by atoms with E-state index < -0.39 is 11.7 Å². The predicted molar refractivity (Wildman–Crippen MR) is 120 cm³/mol. The molecule has 2 aromatic rings. The first kappa shape index (κ1) is 23.5. The van der Waals surface area contributed by atoms with Crippen LogP contribution in [0.3, 0.4) is 0 Å². The molecule has 2 aromatic carbocycles. The third-order valence-corrected chi connectivity index (χ3v) is 5.95. The van der Waals surface area contributed by atoms with Crippen molar-refractivity contribution in [3.63, 3.8) is 0 Å². The molecule has 1 fully saturated rings. The van der Waals surface area contributed by atoms with Gasteiger partial charge in [0.1, 0.15) is 0 Å². The van der Waals surface area contributed by atoms with Crippen LogP contribution in [-0.2, 0) is 12.7 Å². The van der Waals surface area contributed by atoms with Crippen LogP contribution in [0.2, 0.25) is 5.02 Å². The van der Waals surface area contributed by atoms with E-state index >= 15 is 0 Å². The summed E-state index contributed by atoms with van der Waals surface area (Å²) < 4.78 is 51.4. The second kappa shape index (κ2) is 9.96. The minimum absolute atomic E-state index is 0.115. The number of nitrogens with one attached hydrogen (secondary N) is 1. The average Bonchev–Trinajstić information content (AvgIpc) is 3.25. The van der Waals surface area contributed by atoms with Crippen molar-refractivity contribution >= 4 is 34.6 Å². The summed E-state index contributed by atoms with van der Waals surface area (Å²) in [5.74, 6) is 1.16. The highest BCUT2D eigenvalue weighted by molar-refractivity contribution is 7.80. The molecule has 0 saturated heterocycles. The molecule has 0 aromatic heterocycles. The molecule has 1 N–H and O–H groups in total. The molecule has 1 aliphatic rings. The van der Waals surface area contributed by atoms with Crippen LogP contribution in [0.1, 0.15) is 36.8 Å². The fraction of sp³-hybridized carbons (Fsp3) is 0.409. The molecule has 1 saturated carbocycles. The molecule has 31 heavy (non-hydrogen) atoms. The minimum atomic E-state index is -4.53. The maximum atomic E-state index is 13.5. The van der Waals surface area contributed by atoms with Crippen molar-refractivity contribution in [1.29, 1.82) is 0 Å². The van der Waals surface area contributed by atoms with Gasteiger partial charge in [-0.1, -0.05) is 36.6 Å². The average molecular weight is 473 g/mol. The van der Waals surface area contributed by atoms with Crippen molar-refractivity contribution in [3.8, 4) is 11.5 Å². The molecular formula is C22H24ClF3N2O2S. The number of ether oxygens (including phenoxy) is 2. The van der Waals surface area contributed by atoms with Gasteiger partial charge in [0.15, 0.2) is 16.6 Å². The second-order valence-electron chi connectivity index (χ2n) is 7.34. The lowest BCUT2D eigenvalue weighted by Gasteiger charge is -2.33. The van der Waals surface area contributed by atoms with Gasteiger partial charge in [0.05, 0.1) is 25.5 Å². The van der Waals surface area contributed by atoms with Gasteiger partial charge in [-0.05, 0) is 49.3 Å². The van der Waals surface area contributed by atoms with E-state index in [9.17, 15) is 13.2 Å². The lowest BCUT2D eigenvalue weighted by atomic mass is 10.1. The van der Waals surface area contributed by atoms with Crippen molar-refractivity contribution in [1.82, 2.24) is 4.90 Å². The highest BCUT2D eigenvalue weighted by atomic mass is 35.5. The summed E-state index contributed by atoms with van der Waals surface area (Å²) >= 11 is 11.6. The van der Waals surface area contributed by atoms with Crippen molar-refractivity contribution in [2.45, 2.75) is 44.4 Å². The van der Waals surface area contributed by atoms with Gasteiger partial charge in [-0.25, -0.2) is 0 Å². The Hall–Kier alpha value is -2.19. The third-order valence-electron chi connectivity index (χ3n) is 5.38. The lowest BCUT2D eigenvalue weighted by Crippen LogP contribution is -2.41. The number of hydrogen-bond donors (Lipinski definition) is 1. The van der Waals surface area contributed by atoms with E-state index in [1.54, 1.807) is 20.3 Å². The van der Waals surface area contributed by atoms with Gasteiger partial charge in [0.2, 0.25) is 0 Å². The summed E-state index contributed by atoms with van der Waals surface area (Å²) in [4.78, 5) is 1.93. The summed E-state index contributed by atoms with van der Waals surface area (Å²) in [6.07, 6.45) is -0.615. The van der Waals surface area contributed by atoms with Crippen LogP contribution in [0.25, 0.3) is 0 Å². The van der Waals surface area contributed by atoms with Crippen LogP contribution in [0.15, 0.2) is 36.4 Å². The van der Waals surface area contributed by atoms with E-state index in [0.29, 0.717) is 18.0 Å². The maximum absolute atomic E-state index is 13.5. The normalized spacial score (nSPS) is 14.4. The highest BCUT2D eigenvalue weighted by Crippen LogP contribution is 2.37. The molecule has 1 aliphatic carbocycles. The first-order valence-corrected chi connectivity index (χ1v) is 10.7. The van der Waals surface area contributed by atoms with Crippen LogP contribution < -0.4 is 14.8 Å². The van der Waals surface area contributed by atoms with E-state index in [1.165, 1.54) is 12.1 Å². The number of anilines is 1. The SMILES string of the molecule is COc1cccc(CN(C(=S)Nc2cc(Cl)ccc2C(F)(F)F)C2CCCC2)c1OC. The quantitative estimate of drug-likeness (QED) is 0.484. The molecule has 4 nitrogen and oxygen atoms in total. The Kier molecular flexibility index (Phi) is 7.54. The van der Waals surface area contributed by atoms with Crippen LogP contribution in [0, 0.1) is 0 Å². The Morgan fingerprint density at radius 3 is 2.48 bits per heavy atom. The van der Waals surface area contributed by atoms with Gasteiger partial charge >= 0.3 is 6.18 Å². The number of benzene rings is 2. The molecule has 0 unspecified atom stereocenters. The van der Waals surface area contributed by atoms with Gasteiger partial charge in [-0.2, -0.15) is 13.2 Å². The van der Waals surface area contributed by atoms with Crippen molar-refractivity contribution in [3.05, 3.63) is 52.5 Å². The van der Waals surface area contributed by atoms with Crippen LogP contribution in [0.5, 0.6) is 11.5 Å². The number of nitrogens with zero attached hydrogens (tertiary/aromatic N) is 1. The largest absolute Gasteiger partial charge is 0.493 e. The topological polar surface area (TPSA) is 33.7 Å². The van der Waals surface area contributed by atoms with Crippen LogP contribution >= 0.6 is 23.8 Å². The summed E-state index contributed by atoms with van der Waals surface area (Å²) in [5, 5.41) is 3.21. The number of rotatable bonds is 6. The Bertz CT molecular complexity index is 933. The molecule has 3 rings (SSSR count). The highest BCUT2D eigenvalue weighted by Gasteiger charge is 2.34. The van der Waals surface area contributed by atoms with Crippen LogP contribution in [0.4, 0.5) is 18.9 Å². The van der Waals surface area contributed by atoms with E-state index in [2.05, 4.69) is 5.32 Å². The molecule has 0 amide bonds. The van der Waals surface area contributed by atoms with Gasteiger partial charge in [0, 0.05) is 23.2 Å². The lowest BCUT2D eigenvalue weighted by molar-refractivity contribution is -0.136. The number of halogens is 4. The molecular weight excluding hydrogens is 449 g/mol. The number of hydrogen-bond acceptors (Lipinski definition) is 3. The zero-order chi connectivity index (χ0) is 22.6. The second-order valence-corrected chi connectivity index (χ2v) is 8.16. The van der Waals surface area contributed by atoms with E-state index in [-0.39, 0.29) is 21.9 Å². The number of alkyl halides is 3. The molecule has 9 heteroatoms. The van der Waals surface area contributed by atoms with Crippen molar-refractivity contribution in [2.75, 3.05) is 19.5 Å². The summed E-state index contributed by atoms with van der Waals surface area (Å²) in [6.45, 7) is 0.374. The summed E-state index contributed by atoms with van der Waals surface area (Å²) in [5.41, 5.74) is -0.143. The van der Waals surface area contributed by atoms with Gasteiger partial charge in [0.25, 0.3) is 0 Å². The molecule has 0 spiro atoms. The standard InChI is InChI=1S/C22H24ClF3N2O2S/c1-29-19-9-5-6-14(20(19)30-2)13-28(16-7-3-4-8-16)21(31)27-18-12-15(23)10-11-17(18)22(24,25)26/h5-6,9-12,16H,3-4,7-8,13H2,1-2H3,(H,27,31). The van der Waals surface area contributed by atoms with Gasteiger partial charge < -0.3 is 19.7 Å². The van der Waals surface area contributed by atoms with Crippen molar-refractivity contribution in [2.24, 2.45) is 0 Å². The van der Waals surface area contributed by atoms with Crippen molar-refractivity contribution < 1.29 is 22.6 Å². The Labute approximate surface area is 190 Å². The van der Waals surface area contributed by atoms with Crippen LogP contribution in [-0.4, -0.2) is 30.3 Å². The smallest absolute Gasteiger partial charge is 0.418 e. The third kappa shape index (κ3) is 5.54. The molecule has 0 heterocycles. The molecule has 0 atom stereocenters. The molecule has 0 aliphatic heterocycles. The number of thiocarbonyl (C=S) groups is 1. The Morgan fingerprint density at radius 1 is 1.16 bits per heavy atom. The summed E-state index contributed by atoms with van der Waals surface area (Å²) in [7, 11) is 3.11. The Balaban J connectivity index is 1.93. The van der Waals surface area contributed by atoms with E-state index in [0.717, 1.165) is 37.3 Å². The monoisotopic (exact) mass is 472 g/mol. The van der Waals surface area contributed by atoms with Gasteiger partial charge in [-0.15, -0.1) is 0 Å². The predicted octanol–water partition coefficient (Wildman–Crippen LogP) is 6.52. The first-order valence-electron chi connectivity index (χ1n) is 9.88. The number of methoxy groups -OCH3 is 2. The zero-order valence-corrected chi connectivity index (χ0v) is 18.8. The zero-order valence-electron chi connectivity index (χ0n) is 17.3. The van der Waals surface area contributed by atoms with Gasteiger partial charge in [-0.3, -0.25) is 0 Å². The Morgan fingerprint density at radius 2 is 1.87 bits per heavy atom. The van der Waals surface area contributed by atoms with E-state index in [4.69, 9.17) is 33.3 Å². The fourth-order valence-electron chi connectivity index (χ4n) is 3.90. The molecule has 0 bridgehead atoms. The fourth-order valence-corrected chi connectivity index (χ4v) is 4.39. The van der Waals surface area contributed by atoms with E-state index in [1.807, 2.05) is 17.0 Å².